The maximum Gasteiger partial charge on any atom is 0.124 e. The fraction of sp³-hybridized carbons (Fsp3) is 0.538. The van der Waals surface area contributed by atoms with Gasteiger partial charge in [0.15, 0.2) is 0 Å². The zero-order valence-electron chi connectivity index (χ0n) is 10.2. The molecule has 0 bridgehead atoms. The molecule has 0 saturated heterocycles. The highest BCUT2D eigenvalue weighted by molar-refractivity contribution is 5.64. The van der Waals surface area contributed by atoms with Gasteiger partial charge in [0.25, 0.3) is 0 Å². The predicted octanol–water partition coefficient (Wildman–Crippen LogP) is 1.79. The number of rotatable bonds is 3. The van der Waals surface area contributed by atoms with Crippen LogP contribution in [-0.2, 0) is 6.42 Å². The van der Waals surface area contributed by atoms with Crippen molar-refractivity contribution in [3.63, 3.8) is 0 Å². The van der Waals surface area contributed by atoms with Crippen LogP contribution >= 0.6 is 0 Å². The molecular weight excluding hydrogens is 200 g/mol. The van der Waals surface area contributed by atoms with Crippen molar-refractivity contribution in [2.24, 2.45) is 5.73 Å². The van der Waals surface area contributed by atoms with Gasteiger partial charge in [0, 0.05) is 30.4 Å². The first-order valence-corrected chi connectivity index (χ1v) is 5.77. The highest BCUT2D eigenvalue weighted by Crippen LogP contribution is 2.38. The van der Waals surface area contributed by atoms with Gasteiger partial charge in [-0.1, -0.05) is 6.07 Å². The molecule has 0 amide bonds. The van der Waals surface area contributed by atoms with E-state index in [0.29, 0.717) is 6.04 Å². The second kappa shape index (κ2) is 4.34. The van der Waals surface area contributed by atoms with E-state index in [4.69, 9.17) is 10.5 Å². The molecule has 0 saturated carbocycles. The third kappa shape index (κ3) is 1.87. The summed E-state index contributed by atoms with van der Waals surface area (Å²) in [5.74, 6) is 0.997. The molecule has 0 aromatic heterocycles. The Balaban J connectivity index is 2.26. The molecule has 1 heterocycles. The van der Waals surface area contributed by atoms with Crippen molar-refractivity contribution in [1.82, 2.24) is 0 Å². The number of likely N-dealkylation sites (N-methyl/N-ethyl adjacent to an activating group) is 1. The Labute approximate surface area is 97.2 Å². The van der Waals surface area contributed by atoms with Crippen molar-refractivity contribution in [2.75, 3.05) is 19.1 Å². The minimum atomic E-state index is 0.243. The first-order chi connectivity index (χ1) is 7.63. The molecule has 0 radical (unpaired) electrons. The minimum absolute atomic E-state index is 0.243. The Morgan fingerprint density at radius 1 is 1.56 bits per heavy atom. The van der Waals surface area contributed by atoms with Crippen LogP contribution in [0.15, 0.2) is 18.2 Å². The van der Waals surface area contributed by atoms with Gasteiger partial charge < -0.3 is 15.4 Å². The third-order valence-electron chi connectivity index (χ3n) is 3.34. The Hall–Kier alpha value is -1.22. The van der Waals surface area contributed by atoms with E-state index in [1.807, 2.05) is 12.1 Å². The SMILES string of the molecule is COc1cccc2c1CC(CC(C)N)N2C. The van der Waals surface area contributed by atoms with E-state index in [0.717, 1.165) is 18.6 Å². The molecule has 16 heavy (non-hydrogen) atoms. The molecule has 0 aliphatic carbocycles. The lowest BCUT2D eigenvalue weighted by Gasteiger charge is -2.23. The van der Waals surface area contributed by atoms with E-state index in [-0.39, 0.29) is 6.04 Å². The summed E-state index contributed by atoms with van der Waals surface area (Å²) in [5.41, 5.74) is 8.48. The summed E-state index contributed by atoms with van der Waals surface area (Å²) in [4.78, 5) is 2.32. The summed E-state index contributed by atoms with van der Waals surface area (Å²) in [5, 5.41) is 0. The van der Waals surface area contributed by atoms with Gasteiger partial charge in [-0.15, -0.1) is 0 Å². The highest BCUT2D eigenvalue weighted by atomic mass is 16.5. The molecule has 2 unspecified atom stereocenters. The lowest BCUT2D eigenvalue weighted by atomic mass is 10.0. The van der Waals surface area contributed by atoms with Crippen molar-refractivity contribution in [3.8, 4) is 5.75 Å². The van der Waals surface area contributed by atoms with Gasteiger partial charge in [-0.05, 0) is 31.9 Å². The molecule has 2 atom stereocenters. The molecule has 1 aromatic rings. The van der Waals surface area contributed by atoms with Gasteiger partial charge in [0.1, 0.15) is 5.75 Å². The highest BCUT2D eigenvalue weighted by Gasteiger charge is 2.29. The molecule has 1 aromatic carbocycles. The van der Waals surface area contributed by atoms with Crippen molar-refractivity contribution in [1.29, 1.82) is 0 Å². The van der Waals surface area contributed by atoms with Crippen molar-refractivity contribution >= 4 is 5.69 Å². The van der Waals surface area contributed by atoms with E-state index < -0.39 is 0 Å². The monoisotopic (exact) mass is 220 g/mol. The summed E-state index contributed by atoms with van der Waals surface area (Å²) in [7, 11) is 3.87. The average molecular weight is 220 g/mol. The van der Waals surface area contributed by atoms with Gasteiger partial charge in [-0.3, -0.25) is 0 Å². The lowest BCUT2D eigenvalue weighted by Crippen LogP contribution is -2.33. The van der Waals surface area contributed by atoms with Crippen LogP contribution in [-0.4, -0.2) is 26.2 Å². The summed E-state index contributed by atoms with van der Waals surface area (Å²) in [6.45, 7) is 2.06. The molecule has 1 aliphatic rings. The number of benzene rings is 1. The number of nitrogens with two attached hydrogens (primary N) is 1. The molecule has 3 heteroatoms. The number of methoxy groups -OCH3 is 1. The molecule has 3 nitrogen and oxygen atoms in total. The first-order valence-electron chi connectivity index (χ1n) is 5.77. The quantitative estimate of drug-likeness (QED) is 0.844. The second-order valence-corrected chi connectivity index (χ2v) is 4.64. The largest absolute Gasteiger partial charge is 0.496 e. The Bertz CT molecular complexity index is 376. The number of ether oxygens (including phenoxy) is 1. The van der Waals surface area contributed by atoms with Gasteiger partial charge in [0.2, 0.25) is 0 Å². The van der Waals surface area contributed by atoms with Gasteiger partial charge in [0.05, 0.1) is 7.11 Å². The summed E-state index contributed by atoms with van der Waals surface area (Å²) >= 11 is 0. The number of fused-ring (bicyclic) bond motifs is 1. The number of anilines is 1. The topological polar surface area (TPSA) is 38.5 Å². The summed E-state index contributed by atoms with van der Waals surface area (Å²) in [6.07, 6.45) is 2.06. The Kier molecular flexibility index (Phi) is 3.06. The number of hydrogen-bond acceptors (Lipinski definition) is 3. The predicted molar refractivity (Wildman–Crippen MR) is 67.2 cm³/mol. The lowest BCUT2D eigenvalue weighted by molar-refractivity contribution is 0.409. The first kappa shape index (κ1) is 11.3. The summed E-state index contributed by atoms with van der Waals surface area (Å²) in [6, 6.07) is 6.97. The molecule has 1 aliphatic heterocycles. The standard InChI is InChI=1S/C13H20N2O/c1-9(14)7-10-8-11-12(15(10)2)5-4-6-13(11)16-3/h4-6,9-10H,7-8,14H2,1-3H3. The molecule has 0 fully saturated rings. The van der Waals surface area contributed by atoms with Crippen LogP contribution in [0, 0.1) is 0 Å². The Morgan fingerprint density at radius 3 is 2.94 bits per heavy atom. The maximum absolute atomic E-state index is 5.88. The Morgan fingerprint density at radius 2 is 2.31 bits per heavy atom. The third-order valence-corrected chi connectivity index (χ3v) is 3.34. The number of hydrogen-bond donors (Lipinski definition) is 1. The summed E-state index contributed by atoms with van der Waals surface area (Å²) < 4.78 is 5.40. The molecular formula is C13H20N2O. The molecule has 2 N–H and O–H groups in total. The minimum Gasteiger partial charge on any atom is -0.496 e. The van der Waals surface area contributed by atoms with Crippen molar-refractivity contribution < 1.29 is 4.74 Å². The molecule has 2 rings (SSSR count). The van der Waals surface area contributed by atoms with Crippen LogP contribution in [0.5, 0.6) is 5.75 Å². The zero-order chi connectivity index (χ0) is 11.7. The molecule has 0 spiro atoms. The zero-order valence-corrected chi connectivity index (χ0v) is 10.2. The normalized spacial score (nSPS) is 20.8. The van der Waals surface area contributed by atoms with E-state index >= 15 is 0 Å². The van der Waals surface area contributed by atoms with Crippen LogP contribution in [0.1, 0.15) is 18.9 Å². The maximum atomic E-state index is 5.88. The van der Waals surface area contributed by atoms with E-state index in [9.17, 15) is 0 Å². The van der Waals surface area contributed by atoms with Gasteiger partial charge in [-0.25, -0.2) is 0 Å². The van der Waals surface area contributed by atoms with E-state index in [1.54, 1.807) is 7.11 Å². The smallest absolute Gasteiger partial charge is 0.124 e. The van der Waals surface area contributed by atoms with Crippen LogP contribution in [0.4, 0.5) is 5.69 Å². The van der Waals surface area contributed by atoms with Crippen LogP contribution in [0.25, 0.3) is 0 Å². The van der Waals surface area contributed by atoms with Crippen LogP contribution < -0.4 is 15.4 Å². The van der Waals surface area contributed by atoms with Crippen LogP contribution in [0.2, 0.25) is 0 Å². The van der Waals surface area contributed by atoms with Gasteiger partial charge >= 0.3 is 0 Å². The van der Waals surface area contributed by atoms with Crippen molar-refractivity contribution in [3.05, 3.63) is 23.8 Å². The van der Waals surface area contributed by atoms with Crippen LogP contribution in [0.3, 0.4) is 0 Å². The fourth-order valence-electron chi connectivity index (χ4n) is 2.52. The van der Waals surface area contributed by atoms with E-state index in [1.165, 1.54) is 11.3 Å². The second-order valence-electron chi connectivity index (χ2n) is 4.64. The fourth-order valence-corrected chi connectivity index (χ4v) is 2.52. The van der Waals surface area contributed by atoms with Gasteiger partial charge in [-0.2, -0.15) is 0 Å². The average Bonchev–Trinajstić information content (AvgIpc) is 2.55. The molecule has 88 valence electrons. The van der Waals surface area contributed by atoms with Crippen molar-refractivity contribution in [2.45, 2.75) is 31.8 Å². The number of nitrogens with zero attached hydrogens (tertiary/aromatic N) is 1. The van der Waals surface area contributed by atoms with E-state index in [2.05, 4.69) is 24.9 Å².